The lowest BCUT2D eigenvalue weighted by molar-refractivity contribution is -0.126. The fraction of sp³-hybridized carbons (Fsp3) is 0.278. The number of nitrogens with two attached hydrogens (primary N) is 1. The van der Waals surface area contributed by atoms with Crippen LogP contribution in [0.3, 0.4) is 0 Å². The van der Waals surface area contributed by atoms with Crippen LogP contribution in [0.25, 0.3) is 0 Å². The number of ether oxygens (including phenoxy) is 1. The largest absolute Gasteiger partial charge is 0.478 e. The van der Waals surface area contributed by atoms with Gasteiger partial charge in [-0.3, -0.25) is 4.79 Å². The van der Waals surface area contributed by atoms with Gasteiger partial charge < -0.3 is 15.4 Å². The summed E-state index contributed by atoms with van der Waals surface area (Å²) >= 11 is 0. The first-order valence-corrected chi connectivity index (χ1v) is 7.51. The van der Waals surface area contributed by atoms with Crippen LogP contribution in [0.2, 0.25) is 0 Å². The number of carbonyl (C=O) groups is 1. The highest BCUT2D eigenvalue weighted by Gasteiger charge is 2.33. The van der Waals surface area contributed by atoms with E-state index in [1.54, 1.807) is 17.0 Å². The van der Waals surface area contributed by atoms with E-state index in [9.17, 15) is 4.79 Å². The normalized spacial score (nSPS) is 17.1. The van der Waals surface area contributed by atoms with E-state index in [1.165, 1.54) is 5.56 Å². The summed E-state index contributed by atoms with van der Waals surface area (Å²) in [5.41, 5.74) is 9.55. The summed E-state index contributed by atoms with van der Waals surface area (Å²) in [6, 6.07) is 13.6. The first-order valence-electron chi connectivity index (χ1n) is 7.51. The summed E-state index contributed by atoms with van der Waals surface area (Å²) < 4.78 is 5.93. The maximum atomic E-state index is 12.7. The fourth-order valence-electron chi connectivity index (χ4n) is 2.85. The summed E-state index contributed by atoms with van der Waals surface area (Å²) in [6.45, 7) is 4.62. The summed E-state index contributed by atoms with van der Waals surface area (Å²) in [4.78, 5) is 14.4. The van der Waals surface area contributed by atoms with Crippen LogP contribution in [0.5, 0.6) is 5.75 Å². The highest BCUT2D eigenvalue weighted by Crippen LogP contribution is 2.36. The Morgan fingerprint density at radius 2 is 2.05 bits per heavy atom. The summed E-state index contributed by atoms with van der Waals surface area (Å²) in [5, 5.41) is 0. The third-order valence-electron chi connectivity index (χ3n) is 3.91. The van der Waals surface area contributed by atoms with E-state index in [0.29, 0.717) is 24.4 Å². The molecule has 22 heavy (non-hydrogen) atoms. The summed E-state index contributed by atoms with van der Waals surface area (Å²) in [7, 11) is 0. The van der Waals surface area contributed by atoms with Gasteiger partial charge in [0.15, 0.2) is 6.10 Å². The number of likely N-dealkylation sites (N-methyl/N-ethyl adjacent to an activating group) is 1. The molecule has 0 radical (unpaired) electrons. The van der Waals surface area contributed by atoms with Gasteiger partial charge >= 0.3 is 0 Å². The van der Waals surface area contributed by atoms with Crippen molar-refractivity contribution < 1.29 is 9.53 Å². The molecule has 0 fully saturated rings. The van der Waals surface area contributed by atoms with Gasteiger partial charge in [-0.2, -0.15) is 0 Å². The Kier molecular flexibility index (Phi) is 3.75. The van der Waals surface area contributed by atoms with E-state index in [1.807, 2.05) is 38.1 Å². The molecule has 114 valence electrons. The van der Waals surface area contributed by atoms with Gasteiger partial charge in [-0.1, -0.05) is 29.8 Å². The molecule has 0 saturated heterocycles. The van der Waals surface area contributed by atoms with Crippen molar-refractivity contribution in [3.05, 3.63) is 53.6 Å². The van der Waals surface area contributed by atoms with Crippen LogP contribution in [-0.2, 0) is 11.2 Å². The van der Waals surface area contributed by atoms with Crippen molar-refractivity contribution >= 4 is 17.3 Å². The quantitative estimate of drug-likeness (QED) is 0.886. The zero-order chi connectivity index (χ0) is 15.7. The third kappa shape index (κ3) is 2.64. The van der Waals surface area contributed by atoms with E-state index in [4.69, 9.17) is 10.5 Å². The standard InChI is InChI=1S/C18H20N2O2/c1-3-20-15-8-7-14(19)11-16(15)22-17(18(20)21)10-13-6-4-5-12(2)9-13/h4-9,11,17H,3,10,19H2,1-2H3. The third-order valence-corrected chi connectivity index (χ3v) is 3.91. The molecule has 2 aromatic carbocycles. The second kappa shape index (κ2) is 5.72. The van der Waals surface area contributed by atoms with Crippen LogP contribution in [-0.4, -0.2) is 18.6 Å². The molecule has 1 amide bonds. The highest BCUT2D eigenvalue weighted by molar-refractivity contribution is 6.00. The summed E-state index contributed by atoms with van der Waals surface area (Å²) in [5.74, 6) is 0.681. The van der Waals surface area contributed by atoms with Crippen molar-refractivity contribution in [1.29, 1.82) is 0 Å². The molecule has 0 bridgehead atoms. The Bertz CT molecular complexity index is 712. The molecule has 1 aliphatic rings. The average Bonchev–Trinajstić information content (AvgIpc) is 2.48. The first-order chi connectivity index (χ1) is 10.6. The number of carbonyl (C=O) groups excluding carboxylic acids is 1. The molecule has 2 N–H and O–H groups in total. The minimum atomic E-state index is -0.504. The van der Waals surface area contributed by atoms with Gasteiger partial charge in [-0.15, -0.1) is 0 Å². The van der Waals surface area contributed by atoms with Gasteiger partial charge in [0.25, 0.3) is 5.91 Å². The van der Waals surface area contributed by atoms with Crippen molar-refractivity contribution in [1.82, 2.24) is 0 Å². The van der Waals surface area contributed by atoms with E-state index in [-0.39, 0.29) is 5.91 Å². The van der Waals surface area contributed by atoms with Gasteiger partial charge in [0.2, 0.25) is 0 Å². The van der Waals surface area contributed by atoms with Gasteiger partial charge in [-0.05, 0) is 31.5 Å². The molecule has 1 heterocycles. The van der Waals surface area contributed by atoms with Gasteiger partial charge in [0.05, 0.1) is 5.69 Å². The Hall–Kier alpha value is -2.49. The number of nitrogens with zero attached hydrogens (tertiary/aromatic N) is 1. The van der Waals surface area contributed by atoms with Gasteiger partial charge in [-0.25, -0.2) is 0 Å². The Balaban J connectivity index is 1.92. The molecular weight excluding hydrogens is 276 g/mol. The molecule has 4 heteroatoms. The lowest BCUT2D eigenvalue weighted by Gasteiger charge is -2.34. The van der Waals surface area contributed by atoms with Crippen LogP contribution >= 0.6 is 0 Å². The fourth-order valence-corrected chi connectivity index (χ4v) is 2.85. The van der Waals surface area contributed by atoms with E-state index in [2.05, 4.69) is 6.07 Å². The minimum absolute atomic E-state index is 0.00118. The summed E-state index contributed by atoms with van der Waals surface area (Å²) in [6.07, 6.45) is 0.0571. The number of hydrogen-bond donors (Lipinski definition) is 1. The molecule has 3 rings (SSSR count). The van der Waals surface area contributed by atoms with Crippen molar-refractivity contribution in [2.24, 2.45) is 0 Å². The van der Waals surface area contributed by atoms with Crippen LogP contribution in [0, 0.1) is 6.92 Å². The zero-order valence-electron chi connectivity index (χ0n) is 12.9. The Labute approximate surface area is 130 Å². The molecule has 0 aliphatic carbocycles. The predicted molar refractivity (Wildman–Crippen MR) is 88.2 cm³/mol. The van der Waals surface area contributed by atoms with E-state index >= 15 is 0 Å². The topological polar surface area (TPSA) is 55.6 Å². The number of nitrogen functional groups attached to an aromatic ring is 1. The molecule has 0 saturated carbocycles. The van der Waals surface area contributed by atoms with Gasteiger partial charge in [0.1, 0.15) is 5.75 Å². The molecule has 0 spiro atoms. The second-order valence-electron chi connectivity index (χ2n) is 5.61. The van der Waals surface area contributed by atoms with E-state index < -0.39 is 6.10 Å². The van der Waals surface area contributed by atoms with E-state index in [0.717, 1.165) is 11.3 Å². The first kappa shape index (κ1) is 14.4. The molecule has 4 nitrogen and oxygen atoms in total. The van der Waals surface area contributed by atoms with Crippen LogP contribution in [0.15, 0.2) is 42.5 Å². The number of anilines is 2. The second-order valence-corrected chi connectivity index (χ2v) is 5.61. The Morgan fingerprint density at radius 1 is 1.23 bits per heavy atom. The number of aryl methyl sites for hydroxylation is 1. The molecule has 1 atom stereocenters. The van der Waals surface area contributed by atoms with Crippen molar-refractivity contribution in [2.75, 3.05) is 17.2 Å². The number of rotatable bonds is 3. The number of hydrogen-bond acceptors (Lipinski definition) is 3. The molecule has 1 aliphatic heterocycles. The van der Waals surface area contributed by atoms with Crippen molar-refractivity contribution in [2.45, 2.75) is 26.4 Å². The number of benzene rings is 2. The monoisotopic (exact) mass is 296 g/mol. The van der Waals surface area contributed by atoms with Crippen molar-refractivity contribution in [3.63, 3.8) is 0 Å². The molecule has 2 aromatic rings. The molecule has 1 unspecified atom stereocenters. The lowest BCUT2D eigenvalue weighted by Crippen LogP contribution is -2.46. The smallest absolute Gasteiger partial charge is 0.268 e. The zero-order valence-corrected chi connectivity index (χ0v) is 12.9. The molecule has 0 aromatic heterocycles. The minimum Gasteiger partial charge on any atom is -0.478 e. The van der Waals surface area contributed by atoms with Gasteiger partial charge in [0, 0.05) is 24.7 Å². The number of fused-ring (bicyclic) bond motifs is 1. The van der Waals surface area contributed by atoms with Crippen molar-refractivity contribution in [3.8, 4) is 5.75 Å². The highest BCUT2D eigenvalue weighted by atomic mass is 16.5. The lowest BCUT2D eigenvalue weighted by atomic mass is 10.0. The van der Waals surface area contributed by atoms with Crippen LogP contribution in [0.4, 0.5) is 11.4 Å². The maximum absolute atomic E-state index is 12.7. The van der Waals surface area contributed by atoms with Crippen LogP contribution < -0.4 is 15.4 Å². The Morgan fingerprint density at radius 3 is 2.77 bits per heavy atom. The number of amides is 1. The molecular formula is C18H20N2O2. The maximum Gasteiger partial charge on any atom is 0.268 e. The SMILES string of the molecule is CCN1C(=O)C(Cc2cccc(C)c2)Oc2cc(N)ccc21. The van der Waals surface area contributed by atoms with Crippen LogP contribution in [0.1, 0.15) is 18.1 Å². The predicted octanol–water partition coefficient (Wildman–Crippen LogP) is 2.93. The average molecular weight is 296 g/mol.